The van der Waals surface area contributed by atoms with Crippen LogP contribution >= 0.6 is 11.6 Å². The summed E-state index contributed by atoms with van der Waals surface area (Å²) in [6.45, 7) is 5.39. The minimum Gasteiger partial charge on any atom is -0.322 e. The third-order valence-corrected chi connectivity index (χ3v) is 6.81. The molecule has 2 aromatic rings. The van der Waals surface area contributed by atoms with Crippen LogP contribution in [0.3, 0.4) is 0 Å². The predicted molar refractivity (Wildman–Crippen MR) is 106 cm³/mol. The highest BCUT2D eigenvalue weighted by molar-refractivity contribution is 7.94. The van der Waals surface area contributed by atoms with Gasteiger partial charge in [-0.1, -0.05) is 30.7 Å². The van der Waals surface area contributed by atoms with Crippen LogP contribution in [0.2, 0.25) is 5.02 Å². The third-order valence-electron chi connectivity index (χ3n) is 4.64. The van der Waals surface area contributed by atoms with E-state index in [4.69, 9.17) is 11.6 Å². The molecule has 0 bridgehead atoms. The highest BCUT2D eigenvalue weighted by Gasteiger charge is 2.43. The molecule has 1 fully saturated rings. The van der Waals surface area contributed by atoms with Crippen LogP contribution in [0.4, 0.5) is 11.4 Å². The molecule has 2 aromatic carbocycles. The molecule has 1 unspecified atom stereocenters. The molecule has 1 aliphatic heterocycles. The summed E-state index contributed by atoms with van der Waals surface area (Å²) in [5, 5.41) is 2.90. The molecule has 1 N–H and O–H groups in total. The van der Waals surface area contributed by atoms with Gasteiger partial charge in [0.15, 0.2) is 0 Å². The quantitative estimate of drug-likeness (QED) is 0.845. The fourth-order valence-electron chi connectivity index (χ4n) is 2.96. The summed E-state index contributed by atoms with van der Waals surface area (Å²) in [5.74, 6) is -1.90. The van der Waals surface area contributed by atoms with Gasteiger partial charge < -0.3 is 5.32 Å². The lowest BCUT2D eigenvalue weighted by Gasteiger charge is -2.18. The maximum absolute atomic E-state index is 12.7. The van der Waals surface area contributed by atoms with Gasteiger partial charge in [0.25, 0.3) is 5.91 Å². The molecule has 0 spiro atoms. The monoisotopic (exact) mass is 406 g/mol. The summed E-state index contributed by atoms with van der Waals surface area (Å²) < 4.78 is 25.4. The number of nitrogens with zero attached hydrogens (tertiary/aromatic N) is 1. The van der Waals surface area contributed by atoms with Gasteiger partial charge >= 0.3 is 0 Å². The average Bonchev–Trinajstić information content (AvgIpc) is 2.80. The molecule has 0 aromatic heterocycles. The number of carbonyl (C=O) groups excluding carboxylic acids is 2. The lowest BCUT2D eigenvalue weighted by atomic mass is 10.1. The largest absolute Gasteiger partial charge is 0.322 e. The molecule has 27 heavy (non-hydrogen) atoms. The van der Waals surface area contributed by atoms with Crippen molar-refractivity contribution in [1.29, 1.82) is 0 Å². The Kier molecular flexibility index (Phi) is 5.01. The maximum Gasteiger partial charge on any atom is 0.255 e. The minimum atomic E-state index is -3.81. The van der Waals surface area contributed by atoms with E-state index in [0.717, 1.165) is 11.1 Å². The Bertz CT molecular complexity index is 1050. The van der Waals surface area contributed by atoms with Crippen molar-refractivity contribution in [2.45, 2.75) is 20.8 Å². The van der Waals surface area contributed by atoms with Gasteiger partial charge in [0.05, 0.1) is 22.4 Å². The number of rotatable bonds is 3. The van der Waals surface area contributed by atoms with Crippen LogP contribution in [0.5, 0.6) is 0 Å². The second-order valence-corrected chi connectivity index (χ2v) is 8.92. The number of nitrogens with one attached hydrogen (secondary N) is 1. The number of benzene rings is 2. The Morgan fingerprint density at radius 3 is 2.56 bits per heavy atom. The summed E-state index contributed by atoms with van der Waals surface area (Å²) in [7, 11) is -3.81. The Labute approximate surface area is 163 Å². The van der Waals surface area contributed by atoms with Crippen molar-refractivity contribution in [1.82, 2.24) is 0 Å². The van der Waals surface area contributed by atoms with Gasteiger partial charge in [0, 0.05) is 11.3 Å². The Balaban J connectivity index is 1.97. The minimum absolute atomic E-state index is 0.000342. The second kappa shape index (κ2) is 6.98. The Morgan fingerprint density at radius 2 is 1.93 bits per heavy atom. The molecule has 3 rings (SSSR count). The lowest BCUT2D eigenvalue weighted by molar-refractivity contribution is -0.119. The molecule has 1 heterocycles. The van der Waals surface area contributed by atoms with Crippen LogP contribution in [-0.4, -0.2) is 26.0 Å². The molecule has 142 valence electrons. The smallest absolute Gasteiger partial charge is 0.255 e. The molecular formula is C19H19ClN2O4S. The van der Waals surface area contributed by atoms with E-state index in [2.05, 4.69) is 5.32 Å². The van der Waals surface area contributed by atoms with Crippen LogP contribution in [0.1, 0.15) is 28.4 Å². The van der Waals surface area contributed by atoms with Crippen molar-refractivity contribution >= 4 is 44.8 Å². The zero-order valence-corrected chi connectivity index (χ0v) is 16.7. The Hall–Kier alpha value is -2.38. The first-order valence-electron chi connectivity index (χ1n) is 8.36. The second-order valence-electron chi connectivity index (χ2n) is 6.65. The van der Waals surface area contributed by atoms with E-state index in [1.165, 1.54) is 18.2 Å². The van der Waals surface area contributed by atoms with Crippen LogP contribution in [0.25, 0.3) is 0 Å². The molecule has 1 saturated heterocycles. The highest BCUT2D eigenvalue weighted by atomic mass is 35.5. The van der Waals surface area contributed by atoms with Gasteiger partial charge in [0.1, 0.15) is 0 Å². The summed E-state index contributed by atoms with van der Waals surface area (Å²) in [6.07, 6.45) is 0. The molecule has 2 amide bonds. The van der Waals surface area contributed by atoms with Crippen molar-refractivity contribution in [3.63, 3.8) is 0 Å². The molecule has 0 radical (unpaired) electrons. The number of sulfonamides is 1. The van der Waals surface area contributed by atoms with E-state index in [1.807, 2.05) is 26.0 Å². The van der Waals surface area contributed by atoms with Gasteiger partial charge in [0.2, 0.25) is 15.9 Å². The number of amides is 2. The van der Waals surface area contributed by atoms with Crippen molar-refractivity contribution in [3.05, 3.63) is 58.1 Å². The van der Waals surface area contributed by atoms with Crippen molar-refractivity contribution in [3.8, 4) is 0 Å². The predicted octanol–water partition coefficient (Wildman–Crippen LogP) is 3.52. The topological polar surface area (TPSA) is 83.6 Å². The van der Waals surface area contributed by atoms with E-state index in [9.17, 15) is 18.0 Å². The van der Waals surface area contributed by atoms with Crippen LogP contribution in [0, 0.1) is 19.8 Å². The van der Waals surface area contributed by atoms with Crippen molar-refractivity contribution in [2.24, 2.45) is 5.92 Å². The molecular weight excluding hydrogens is 388 g/mol. The average molecular weight is 407 g/mol. The summed E-state index contributed by atoms with van der Waals surface area (Å²) in [5.41, 5.74) is 2.84. The molecule has 6 nitrogen and oxygen atoms in total. The summed E-state index contributed by atoms with van der Waals surface area (Å²) in [4.78, 5) is 25.0. The third kappa shape index (κ3) is 3.57. The van der Waals surface area contributed by atoms with Crippen molar-refractivity contribution < 1.29 is 18.0 Å². The molecule has 0 saturated carbocycles. The summed E-state index contributed by atoms with van der Waals surface area (Å²) >= 11 is 6.14. The van der Waals surface area contributed by atoms with E-state index < -0.39 is 27.8 Å². The van der Waals surface area contributed by atoms with Gasteiger partial charge in [-0.15, -0.1) is 0 Å². The van der Waals surface area contributed by atoms with Crippen LogP contribution < -0.4 is 9.62 Å². The van der Waals surface area contributed by atoms with Crippen LogP contribution in [-0.2, 0) is 14.8 Å². The fourth-order valence-corrected chi connectivity index (χ4v) is 5.04. The van der Waals surface area contributed by atoms with Gasteiger partial charge in [-0.3, -0.25) is 9.59 Å². The number of carbonyl (C=O) groups is 2. The summed E-state index contributed by atoms with van der Waals surface area (Å²) in [6, 6.07) is 9.80. The number of anilines is 2. The van der Waals surface area contributed by atoms with E-state index in [1.54, 1.807) is 13.0 Å². The van der Waals surface area contributed by atoms with E-state index in [-0.39, 0.29) is 22.0 Å². The molecule has 1 aliphatic rings. The normalized spacial score (nSPS) is 18.6. The number of halogens is 1. The van der Waals surface area contributed by atoms with Gasteiger partial charge in [-0.05, 0) is 49.2 Å². The van der Waals surface area contributed by atoms with Crippen molar-refractivity contribution in [2.75, 3.05) is 15.4 Å². The van der Waals surface area contributed by atoms with E-state index >= 15 is 0 Å². The van der Waals surface area contributed by atoms with Crippen LogP contribution in [0.15, 0.2) is 36.4 Å². The fraction of sp³-hybridized carbons (Fsp3) is 0.263. The highest BCUT2D eigenvalue weighted by Crippen LogP contribution is 2.34. The lowest BCUT2D eigenvalue weighted by Crippen LogP contribution is -2.30. The first-order valence-corrected chi connectivity index (χ1v) is 10.3. The standard InChI is InChI=1S/C19H19ClN2O4S/c1-11-5-4-6-16(13(11)3)21-18(23)14-7-8-15(20)17(9-14)22-19(24)12(2)10-27(22,25)26/h4-9,12H,10H2,1-3H3,(H,21,23). The Morgan fingerprint density at radius 1 is 1.22 bits per heavy atom. The zero-order chi connectivity index (χ0) is 19.9. The SMILES string of the molecule is Cc1cccc(NC(=O)c2ccc(Cl)c(N3C(=O)C(C)CS3(=O)=O)c2)c1C. The number of hydrogen-bond acceptors (Lipinski definition) is 4. The van der Waals surface area contributed by atoms with Gasteiger partial charge in [-0.25, -0.2) is 12.7 Å². The van der Waals surface area contributed by atoms with E-state index in [0.29, 0.717) is 9.99 Å². The first kappa shape index (κ1) is 19.4. The molecule has 1 atom stereocenters. The maximum atomic E-state index is 12.7. The molecule has 0 aliphatic carbocycles. The van der Waals surface area contributed by atoms with Gasteiger partial charge in [-0.2, -0.15) is 0 Å². The number of hydrogen-bond donors (Lipinski definition) is 1. The first-order chi connectivity index (χ1) is 12.6. The zero-order valence-electron chi connectivity index (χ0n) is 15.1. The molecule has 8 heteroatoms. The number of aryl methyl sites for hydroxylation is 1.